The standard InChI is InChI=1S/C12H16ClN3O2/c1-9-7-14-5-6-15(9)8-10-11(13)3-2-4-12(10)16(17)18/h2-4,9,14H,5-8H2,1H3/t9-/m1/s1. The second kappa shape index (κ2) is 5.65. The van der Waals surface area contributed by atoms with Crippen LogP contribution in [0.4, 0.5) is 5.69 Å². The van der Waals surface area contributed by atoms with Gasteiger partial charge in [0.1, 0.15) is 0 Å². The predicted octanol–water partition coefficient (Wildman–Crippen LogP) is 2.04. The van der Waals surface area contributed by atoms with Gasteiger partial charge in [0, 0.05) is 38.3 Å². The Morgan fingerprint density at radius 3 is 3.06 bits per heavy atom. The van der Waals surface area contributed by atoms with Crippen LogP contribution in [-0.4, -0.2) is 35.5 Å². The third-order valence-electron chi connectivity index (χ3n) is 3.29. The molecule has 0 radical (unpaired) electrons. The summed E-state index contributed by atoms with van der Waals surface area (Å²) >= 11 is 6.09. The van der Waals surface area contributed by atoms with E-state index in [9.17, 15) is 10.1 Å². The van der Waals surface area contributed by atoms with Crippen LogP contribution < -0.4 is 5.32 Å². The van der Waals surface area contributed by atoms with Crippen molar-refractivity contribution in [2.75, 3.05) is 19.6 Å². The van der Waals surface area contributed by atoms with E-state index >= 15 is 0 Å². The van der Waals surface area contributed by atoms with Crippen LogP contribution in [0.3, 0.4) is 0 Å². The van der Waals surface area contributed by atoms with Gasteiger partial charge in [0.2, 0.25) is 0 Å². The molecule has 0 saturated carbocycles. The molecule has 2 rings (SSSR count). The van der Waals surface area contributed by atoms with Crippen LogP contribution in [0.1, 0.15) is 12.5 Å². The molecule has 6 heteroatoms. The minimum absolute atomic E-state index is 0.105. The van der Waals surface area contributed by atoms with E-state index in [2.05, 4.69) is 17.1 Å². The normalized spacial score (nSPS) is 20.9. The number of hydrogen-bond acceptors (Lipinski definition) is 4. The molecule has 1 aliphatic rings. The highest BCUT2D eigenvalue weighted by Crippen LogP contribution is 2.28. The molecule has 1 aromatic rings. The fourth-order valence-corrected chi connectivity index (χ4v) is 2.43. The van der Waals surface area contributed by atoms with Gasteiger partial charge in [-0.25, -0.2) is 0 Å². The van der Waals surface area contributed by atoms with Crippen molar-refractivity contribution in [1.29, 1.82) is 0 Å². The Balaban J connectivity index is 2.24. The van der Waals surface area contributed by atoms with Gasteiger partial charge in [0.05, 0.1) is 15.5 Å². The molecule has 0 aromatic heterocycles. The summed E-state index contributed by atoms with van der Waals surface area (Å²) < 4.78 is 0. The largest absolute Gasteiger partial charge is 0.314 e. The molecule has 0 bridgehead atoms. The van der Waals surface area contributed by atoms with Crippen LogP contribution in [0, 0.1) is 10.1 Å². The zero-order valence-corrected chi connectivity index (χ0v) is 11.0. The van der Waals surface area contributed by atoms with E-state index in [1.165, 1.54) is 6.07 Å². The molecule has 0 aliphatic carbocycles. The topological polar surface area (TPSA) is 58.4 Å². The fourth-order valence-electron chi connectivity index (χ4n) is 2.20. The van der Waals surface area contributed by atoms with Crippen molar-refractivity contribution in [1.82, 2.24) is 10.2 Å². The first-order valence-corrected chi connectivity index (χ1v) is 6.34. The molecule has 1 heterocycles. The van der Waals surface area contributed by atoms with Crippen molar-refractivity contribution in [3.63, 3.8) is 0 Å². The summed E-state index contributed by atoms with van der Waals surface area (Å²) in [6, 6.07) is 5.19. The van der Waals surface area contributed by atoms with Crippen molar-refractivity contribution in [2.45, 2.75) is 19.5 Å². The lowest BCUT2D eigenvalue weighted by Gasteiger charge is -2.33. The van der Waals surface area contributed by atoms with E-state index in [0.29, 0.717) is 23.2 Å². The summed E-state index contributed by atoms with van der Waals surface area (Å²) in [6.07, 6.45) is 0. The van der Waals surface area contributed by atoms with Gasteiger partial charge in [-0.15, -0.1) is 0 Å². The second-order valence-corrected chi connectivity index (χ2v) is 4.93. The third-order valence-corrected chi connectivity index (χ3v) is 3.65. The SMILES string of the molecule is C[C@@H]1CNCCN1Cc1c(Cl)cccc1[N+](=O)[O-]. The molecule has 0 unspecified atom stereocenters. The minimum atomic E-state index is -0.367. The first kappa shape index (κ1) is 13.3. The second-order valence-electron chi connectivity index (χ2n) is 4.52. The summed E-state index contributed by atoms with van der Waals surface area (Å²) in [7, 11) is 0. The molecule has 18 heavy (non-hydrogen) atoms. The van der Waals surface area contributed by atoms with Gasteiger partial charge in [0.15, 0.2) is 0 Å². The molecule has 1 aliphatic heterocycles. The van der Waals surface area contributed by atoms with Crippen molar-refractivity contribution < 1.29 is 4.92 Å². The number of nitrogens with one attached hydrogen (secondary N) is 1. The summed E-state index contributed by atoms with van der Waals surface area (Å²) in [5, 5.41) is 14.8. The van der Waals surface area contributed by atoms with Crippen molar-refractivity contribution >= 4 is 17.3 Å². The molecule has 0 spiro atoms. The van der Waals surface area contributed by atoms with Crippen molar-refractivity contribution in [3.8, 4) is 0 Å². The smallest absolute Gasteiger partial charge is 0.275 e. The third kappa shape index (κ3) is 2.80. The van der Waals surface area contributed by atoms with Gasteiger partial charge in [0.25, 0.3) is 5.69 Å². The fraction of sp³-hybridized carbons (Fsp3) is 0.500. The Hall–Kier alpha value is -1.17. The highest BCUT2D eigenvalue weighted by Gasteiger charge is 2.23. The molecule has 1 N–H and O–H groups in total. The van der Waals surface area contributed by atoms with Gasteiger partial charge in [-0.05, 0) is 13.0 Å². The zero-order valence-electron chi connectivity index (χ0n) is 10.2. The van der Waals surface area contributed by atoms with Crippen LogP contribution in [0.15, 0.2) is 18.2 Å². The number of nitro groups is 1. The number of nitro benzene ring substituents is 1. The van der Waals surface area contributed by atoms with Crippen LogP contribution in [0.5, 0.6) is 0 Å². The maximum absolute atomic E-state index is 11.0. The summed E-state index contributed by atoms with van der Waals surface area (Å²) in [6.45, 7) is 5.32. The number of hydrogen-bond donors (Lipinski definition) is 1. The highest BCUT2D eigenvalue weighted by molar-refractivity contribution is 6.31. The molecule has 5 nitrogen and oxygen atoms in total. The van der Waals surface area contributed by atoms with E-state index in [1.807, 2.05) is 0 Å². The molecule has 0 amide bonds. The Labute approximate surface area is 111 Å². The number of nitrogens with zero attached hydrogens (tertiary/aromatic N) is 2. The average Bonchev–Trinajstić information content (AvgIpc) is 2.34. The molecular weight excluding hydrogens is 254 g/mol. The maximum Gasteiger partial charge on any atom is 0.275 e. The molecule has 1 fully saturated rings. The molecule has 1 aromatic carbocycles. The Bertz CT molecular complexity index is 453. The van der Waals surface area contributed by atoms with Crippen LogP contribution in [-0.2, 0) is 6.54 Å². The first-order valence-electron chi connectivity index (χ1n) is 5.96. The van der Waals surface area contributed by atoms with E-state index in [0.717, 1.165) is 19.6 Å². The Morgan fingerprint density at radius 1 is 1.61 bits per heavy atom. The monoisotopic (exact) mass is 269 g/mol. The number of rotatable bonds is 3. The quantitative estimate of drug-likeness (QED) is 0.674. The molecule has 1 saturated heterocycles. The van der Waals surface area contributed by atoms with Gasteiger partial charge in [-0.1, -0.05) is 17.7 Å². The van der Waals surface area contributed by atoms with Gasteiger partial charge in [-0.3, -0.25) is 15.0 Å². The highest BCUT2D eigenvalue weighted by atomic mass is 35.5. The molecule has 98 valence electrons. The predicted molar refractivity (Wildman–Crippen MR) is 70.8 cm³/mol. The van der Waals surface area contributed by atoms with Crippen LogP contribution in [0.2, 0.25) is 5.02 Å². The van der Waals surface area contributed by atoms with Crippen molar-refractivity contribution in [3.05, 3.63) is 38.9 Å². The number of piperazine rings is 1. The van der Waals surface area contributed by atoms with Crippen LogP contribution >= 0.6 is 11.6 Å². The minimum Gasteiger partial charge on any atom is -0.314 e. The average molecular weight is 270 g/mol. The Morgan fingerprint density at radius 2 is 2.39 bits per heavy atom. The summed E-state index contributed by atoms with van der Waals surface area (Å²) in [5.41, 5.74) is 0.714. The number of halogens is 1. The van der Waals surface area contributed by atoms with E-state index in [1.54, 1.807) is 12.1 Å². The van der Waals surface area contributed by atoms with Crippen LogP contribution in [0.25, 0.3) is 0 Å². The number of benzene rings is 1. The van der Waals surface area contributed by atoms with E-state index < -0.39 is 0 Å². The zero-order chi connectivity index (χ0) is 13.1. The van der Waals surface area contributed by atoms with Gasteiger partial charge < -0.3 is 5.32 Å². The Kier molecular flexibility index (Phi) is 4.16. The summed E-state index contributed by atoms with van der Waals surface area (Å²) in [5.74, 6) is 0. The maximum atomic E-state index is 11.0. The van der Waals surface area contributed by atoms with Gasteiger partial charge >= 0.3 is 0 Å². The first-order chi connectivity index (χ1) is 8.59. The lowest BCUT2D eigenvalue weighted by atomic mass is 10.1. The van der Waals surface area contributed by atoms with E-state index in [4.69, 9.17) is 11.6 Å². The van der Waals surface area contributed by atoms with E-state index in [-0.39, 0.29) is 10.6 Å². The summed E-state index contributed by atoms with van der Waals surface area (Å²) in [4.78, 5) is 12.9. The lowest BCUT2D eigenvalue weighted by molar-refractivity contribution is -0.385. The van der Waals surface area contributed by atoms with Gasteiger partial charge in [-0.2, -0.15) is 0 Å². The molecule has 1 atom stereocenters. The lowest BCUT2D eigenvalue weighted by Crippen LogP contribution is -2.49. The van der Waals surface area contributed by atoms with Crippen molar-refractivity contribution in [2.24, 2.45) is 0 Å². The molecular formula is C12H16ClN3O2.